The standard InChI is InChI=1S/C13H19N3O4.C12H8Cl5N3O2.C12H9ClN2O3/c1-5-10(6-2)14-12-11(15(17)18)7-8(3)9(4)13(12)16(19)20;1-2-22-10(21)9-18-11(12(15,16)17)20(19-9)8-4-3-6(13)5-7(8)14;13-11-10(18-8-4-2-1-3-5-8)7-6-9(12(11)14)15(16)17/h7,10,14H,5-6H2,1-4H3;3-5H,2H2,1H3;1-7H,14H2. The zero-order chi connectivity index (χ0) is 45.1. The van der Waals surface area contributed by atoms with Crippen LogP contribution in [0, 0.1) is 44.2 Å². The van der Waals surface area contributed by atoms with Gasteiger partial charge in [0.2, 0.25) is 3.79 Å². The third kappa shape index (κ3) is 12.7. The molecule has 5 aromatic rings. The molecule has 5 rings (SSSR count). The first kappa shape index (κ1) is 49.2. The second kappa shape index (κ2) is 21.9. The molecule has 0 saturated heterocycles. The second-order valence-electron chi connectivity index (χ2n) is 12.2. The zero-order valence-electron chi connectivity index (χ0n) is 32.3. The van der Waals surface area contributed by atoms with Gasteiger partial charge in [-0.15, -0.1) is 5.10 Å². The van der Waals surface area contributed by atoms with Crippen molar-refractivity contribution in [2.24, 2.45) is 0 Å². The van der Waals surface area contributed by atoms with Crippen molar-refractivity contribution in [3.63, 3.8) is 0 Å². The molecule has 0 unspecified atom stereocenters. The van der Waals surface area contributed by atoms with Crippen molar-refractivity contribution in [2.75, 3.05) is 17.7 Å². The summed E-state index contributed by atoms with van der Waals surface area (Å²) in [6.07, 6.45) is 1.47. The van der Waals surface area contributed by atoms with Gasteiger partial charge < -0.3 is 20.5 Å². The van der Waals surface area contributed by atoms with Crippen LogP contribution in [-0.4, -0.2) is 48.2 Å². The number of aryl methyl sites for hydroxylation is 1. The van der Waals surface area contributed by atoms with E-state index in [9.17, 15) is 35.1 Å². The number of ether oxygens (including phenoxy) is 2. The summed E-state index contributed by atoms with van der Waals surface area (Å²) in [6, 6.07) is 17.6. The Hall–Kier alpha value is -5.17. The molecule has 4 aromatic carbocycles. The number of carbonyl (C=O) groups is 1. The Morgan fingerprint density at radius 3 is 2.02 bits per heavy atom. The maximum absolute atomic E-state index is 11.8. The molecule has 0 amide bonds. The molecule has 0 radical (unpaired) electrons. The maximum atomic E-state index is 11.8. The smallest absolute Gasteiger partial charge is 0.378 e. The highest BCUT2D eigenvalue weighted by Crippen LogP contribution is 2.41. The fourth-order valence-corrected chi connectivity index (χ4v) is 6.16. The van der Waals surface area contributed by atoms with Gasteiger partial charge in [0.05, 0.1) is 32.1 Å². The molecule has 0 aliphatic rings. The van der Waals surface area contributed by atoms with Gasteiger partial charge >= 0.3 is 11.7 Å². The van der Waals surface area contributed by atoms with Crippen molar-refractivity contribution in [2.45, 2.75) is 57.3 Å². The van der Waals surface area contributed by atoms with E-state index in [-0.39, 0.29) is 68.5 Å². The average Bonchev–Trinajstić information content (AvgIpc) is 3.64. The predicted molar refractivity (Wildman–Crippen MR) is 233 cm³/mol. The van der Waals surface area contributed by atoms with Crippen LogP contribution < -0.4 is 15.8 Å². The van der Waals surface area contributed by atoms with Gasteiger partial charge in [0.25, 0.3) is 17.2 Å². The normalized spacial score (nSPS) is 10.8. The summed E-state index contributed by atoms with van der Waals surface area (Å²) in [6.45, 7) is 8.92. The Kier molecular flexibility index (Phi) is 18.0. The molecule has 0 fully saturated rings. The minimum absolute atomic E-state index is 0.0109. The first-order valence-electron chi connectivity index (χ1n) is 17.5. The van der Waals surface area contributed by atoms with Crippen LogP contribution in [0.1, 0.15) is 61.2 Å². The molecule has 1 heterocycles. The molecule has 320 valence electrons. The number of esters is 1. The Morgan fingerprint density at radius 1 is 0.883 bits per heavy atom. The van der Waals surface area contributed by atoms with Crippen molar-refractivity contribution >= 4 is 104 Å². The first-order valence-corrected chi connectivity index (χ1v) is 19.7. The number of nitro groups is 3. The fraction of sp³-hybridized carbons (Fsp3) is 0.270. The van der Waals surface area contributed by atoms with Crippen molar-refractivity contribution in [3.8, 4) is 17.2 Å². The van der Waals surface area contributed by atoms with Crippen LogP contribution in [-0.2, 0) is 8.53 Å². The number of nitrogens with one attached hydrogen (secondary N) is 1. The lowest BCUT2D eigenvalue weighted by atomic mass is 10.0. The Balaban J connectivity index is 0.000000241. The van der Waals surface area contributed by atoms with Crippen LogP contribution in [0.2, 0.25) is 15.1 Å². The zero-order valence-corrected chi connectivity index (χ0v) is 36.8. The quantitative estimate of drug-likeness (QED) is 0.0390. The van der Waals surface area contributed by atoms with Gasteiger partial charge in [-0.3, -0.25) is 30.3 Å². The number of hydrogen-bond acceptors (Lipinski definition) is 13. The third-order valence-corrected chi connectivity index (χ3v) is 9.69. The second-order valence-corrected chi connectivity index (χ2v) is 15.7. The Morgan fingerprint density at radius 2 is 1.50 bits per heavy atom. The Labute approximate surface area is 373 Å². The molecule has 1 aromatic heterocycles. The van der Waals surface area contributed by atoms with Crippen molar-refractivity contribution < 1.29 is 29.0 Å². The van der Waals surface area contributed by atoms with Crippen LogP contribution >= 0.6 is 69.6 Å². The molecule has 3 N–H and O–H groups in total. The first-order chi connectivity index (χ1) is 28.2. The molecule has 17 nitrogen and oxygen atoms in total. The van der Waals surface area contributed by atoms with E-state index in [0.717, 1.165) is 17.5 Å². The average molecular weight is 949 g/mol. The minimum Gasteiger partial charge on any atom is -0.460 e. The number of benzene rings is 4. The lowest BCUT2D eigenvalue weighted by Gasteiger charge is -2.17. The van der Waals surface area contributed by atoms with Gasteiger partial charge in [-0.2, -0.15) is 0 Å². The van der Waals surface area contributed by atoms with E-state index >= 15 is 0 Å². The number of nitro benzene ring substituents is 3. The molecule has 0 aliphatic heterocycles. The van der Waals surface area contributed by atoms with E-state index in [2.05, 4.69) is 15.4 Å². The number of carbonyl (C=O) groups excluding carboxylic acids is 1. The largest absolute Gasteiger partial charge is 0.460 e. The van der Waals surface area contributed by atoms with Crippen molar-refractivity contribution in [1.29, 1.82) is 0 Å². The molecule has 0 bridgehead atoms. The number of aromatic nitrogens is 3. The predicted octanol–water partition coefficient (Wildman–Crippen LogP) is 11.9. The molecule has 23 heteroatoms. The van der Waals surface area contributed by atoms with E-state index in [4.69, 9.17) is 84.8 Å². The van der Waals surface area contributed by atoms with E-state index in [1.807, 2.05) is 19.9 Å². The summed E-state index contributed by atoms with van der Waals surface area (Å²) in [5.74, 6) is -0.209. The molecular formula is C37H36Cl6N8O9. The summed E-state index contributed by atoms with van der Waals surface area (Å²) in [5.41, 5.74) is 6.16. The van der Waals surface area contributed by atoms with Gasteiger partial charge in [-0.05, 0) is 75.6 Å². The number of halogens is 6. The highest BCUT2D eigenvalue weighted by atomic mass is 35.6. The van der Waals surface area contributed by atoms with Crippen molar-refractivity contribution in [3.05, 3.63) is 135 Å². The number of hydrogen-bond donors (Lipinski definition) is 2. The van der Waals surface area contributed by atoms with E-state index in [1.165, 1.54) is 24.3 Å². The van der Waals surface area contributed by atoms with Gasteiger partial charge in [0.15, 0.2) is 11.5 Å². The lowest BCUT2D eigenvalue weighted by molar-refractivity contribution is -0.392. The van der Waals surface area contributed by atoms with E-state index in [0.29, 0.717) is 27.6 Å². The summed E-state index contributed by atoms with van der Waals surface area (Å²) < 4.78 is 9.57. The van der Waals surface area contributed by atoms with E-state index in [1.54, 1.807) is 57.2 Å². The molecule has 0 spiro atoms. The SMILES string of the molecule is CCC(CC)Nc1c([N+](=O)[O-])cc(C)c(C)c1[N+](=O)[O-].CCOC(=O)c1nc(C(Cl)(Cl)Cl)n(-c2ccc(Cl)cc2Cl)n1.Nc1c([N+](=O)[O-])ccc(Oc2ccccc2)c1Cl. The van der Waals surface area contributed by atoms with Crippen LogP contribution in [0.15, 0.2) is 66.7 Å². The molecular weight excluding hydrogens is 913 g/mol. The monoisotopic (exact) mass is 946 g/mol. The maximum Gasteiger partial charge on any atom is 0.378 e. The number of para-hydroxylation sites is 1. The summed E-state index contributed by atoms with van der Waals surface area (Å²) >= 11 is 35.5. The molecule has 60 heavy (non-hydrogen) atoms. The van der Waals surface area contributed by atoms with Gasteiger partial charge in [0, 0.05) is 28.8 Å². The minimum atomic E-state index is -1.92. The topological polar surface area (TPSA) is 234 Å². The summed E-state index contributed by atoms with van der Waals surface area (Å²) in [5, 5.41) is 40.8. The van der Waals surface area contributed by atoms with Crippen LogP contribution in [0.3, 0.4) is 0 Å². The summed E-state index contributed by atoms with van der Waals surface area (Å²) in [4.78, 5) is 47.1. The van der Waals surface area contributed by atoms with Gasteiger partial charge in [-0.25, -0.2) is 14.5 Å². The van der Waals surface area contributed by atoms with Gasteiger partial charge in [-0.1, -0.05) is 102 Å². The van der Waals surface area contributed by atoms with Crippen LogP contribution in [0.25, 0.3) is 5.69 Å². The molecule has 0 atom stereocenters. The van der Waals surface area contributed by atoms with Crippen molar-refractivity contribution in [1.82, 2.24) is 14.8 Å². The molecule has 0 saturated carbocycles. The lowest BCUT2D eigenvalue weighted by Crippen LogP contribution is -2.19. The Bertz CT molecular complexity index is 2360. The van der Waals surface area contributed by atoms with Gasteiger partial charge in [0.1, 0.15) is 22.2 Å². The number of rotatable bonds is 12. The fourth-order valence-electron chi connectivity index (χ4n) is 5.11. The van der Waals surface area contributed by atoms with Crippen LogP contribution in [0.5, 0.6) is 11.5 Å². The molecule has 0 aliphatic carbocycles. The van der Waals surface area contributed by atoms with Crippen LogP contribution in [0.4, 0.5) is 28.4 Å². The highest BCUT2D eigenvalue weighted by molar-refractivity contribution is 6.66. The number of nitrogens with two attached hydrogens (primary N) is 1. The van der Waals surface area contributed by atoms with E-state index < -0.39 is 24.5 Å². The third-order valence-electron chi connectivity index (χ3n) is 8.25. The number of anilines is 2. The number of alkyl halides is 3. The number of nitrogen functional groups attached to an aromatic ring is 1. The highest BCUT2D eigenvalue weighted by Gasteiger charge is 2.34. The summed E-state index contributed by atoms with van der Waals surface area (Å²) in [7, 11) is 0. The number of nitrogens with zero attached hydrogens (tertiary/aromatic N) is 6.